The Bertz CT molecular complexity index is 743. The van der Waals surface area contributed by atoms with Crippen molar-refractivity contribution in [3.63, 3.8) is 0 Å². The highest BCUT2D eigenvalue weighted by Crippen LogP contribution is 2.27. The average Bonchev–Trinajstić information content (AvgIpc) is 2.47. The number of carboxylic acids is 1. The van der Waals surface area contributed by atoms with E-state index in [2.05, 4.69) is 4.98 Å². The van der Waals surface area contributed by atoms with Crippen molar-refractivity contribution >= 4 is 16.7 Å². The smallest absolute Gasteiger partial charge is 0.335 e. The monoisotopic (exact) mass is 249 g/mol. The molecule has 0 bridgehead atoms. The van der Waals surface area contributed by atoms with Crippen LogP contribution in [0, 0.1) is 0 Å². The maximum absolute atomic E-state index is 10.8. The van der Waals surface area contributed by atoms with E-state index in [9.17, 15) is 4.79 Å². The van der Waals surface area contributed by atoms with E-state index in [1.165, 1.54) is 0 Å². The third-order valence-electron chi connectivity index (χ3n) is 3.11. The summed E-state index contributed by atoms with van der Waals surface area (Å²) in [6.07, 6.45) is 3.63. The molecule has 3 nitrogen and oxygen atoms in total. The van der Waals surface area contributed by atoms with Gasteiger partial charge in [-0.3, -0.25) is 4.98 Å². The summed E-state index contributed by atoms with van der Waals surface area (Å²) in [5, 5.41) is 11.1. The first-order valence-electron chi connectivity index (χ1n) is 5.92. The van der Waals surface area contributed by atoms with Gasteiger partial charge in [0.15, 0.2) is 0 Å². The lowest BCUT2D eigenvalue weighted by atomic mass is 10.00. The number of benzene rings is 2. The van der Waals surface area contributed by atoms with Crippen LogP contribution in [-0.4, -0.2) is 16.1 Å². The molecule has 0 spiro atoms. The van der Waals surface area contributed by atoms with E-state index in [1.807, 2.05) is 42.6 Å². The number of aromatic carboxylic acids is 1. The van der Waals surface area contributed by atoms with Gasteiger partial charge in [0.1, 0.15) is 0 Å². The molecule has 0 radical (unpaired) electrons. The minimum absolute atomic E-state index is 0.289. The molecule has 0 unspecified atom stereocenters. The van der Waals surface area contributed by atoms with Gasteiger partial charge in [-0.25, -0.2) is 4.79 Å². The van der Waals surface area contributed by atoms with Crippen molar-refractivity contribution in [3.8, 4) is 11.1 Å². The van der Waals surface area contributed by atoms with Crippen molar-refractivity contribution in [2.75, 3.05) is 0 Å². The van der Waals surface area contributed by atoms with Crippen LogP contribution in [0.5, 0.6) is 0 Å². The molecule has 92 valence electrons. The van der Waals surface area contributed by atoms with Crippen molar-refractivity contribution < 1.29 is 9.90 Å². The standard InChI is InChI=1S/C16H11NO2/c18-16(19)12-7-5-11(6-8-12)15-10-17-9-13-3-1-2-4-14(13)15/h1-10H,(H,18,19). The Morgan fingerprint density at radius 3 is 2.42 bits per heavy atom. The van der Waals surface area contributed by atoms with Crippen LogP contribution in [0.25, 0.3) is 21.9 Å². The molecular weight excluding hydrogens is 238 g/mol. The highest BCUT2D eigenvalue weighted by Gasteiger charge is 2.06. The zero-order valence-electron chi connectivity index (χ0n) is 10.1. The number of hydrogen-bond donors (Lipinski definition) is 1. The van der Waals surface area contributed by atoms with Gasteiger partial charge in [-0.1, -0.05) is 36.4 Å². The average molecular weight is 249 g/mol. The van der Waals surface area contributed by atoms with E-state index in [0.717, 1.165) is 21.9 Å². The molecule has 1 heterocycles. The highest BCUT2D eigenvalue weighted by molar-refractivity contribution is 5.96. The Morgan fingerprint density at radius 2 is 1.68 bits per heavy atom. The summed E-state index contributed by atoms with van der Waals surface area (Å²) < 4.78 is 0. The van der Waals surface area contributed by atoms with E-state index in [4.69, 9.17) is 5.11 Å². The van der Waals surface area contributed by atoms with Crippen LogP contribution in [0.4, 0.5) is 0 Å². The summed E-state index contributed by atoms with van der Waals surface area (Å²) in [5.74, 6) is -0.914. The number of pyridine rings is 1. The van der Waals surface area contributed by atoms with Gasteiger partial charge in [0.2, 0.25) is 0 Å². The van der Waals surface area contributed by atoms with Gasteiger partial charge in [0.25, 0.3) is 0 Å². The van der Waals surface area contributed by atoms with Gasteiger partial charge in [-0.05, 0) is 23.1 Å². The van der Waals surface area contributed by atoms with Crippen LogP contribution >= 0.6 is 0 Å². The molecule has 0 saturated carbocycles. The second-order valence-corrected chi connectivity index (χ2v) is 4.29. The molecular formula is C16H11NO2. The molecule has 0 saturated heterocycles. The van der Waals surface area contributed by atoms with Crippen LogP contribution in [0.1, 0.15) is 10.4 Å². The Kier molecular flexibility index (Phi) is 2.72. The molecule has 3 aromatic rings. The topological polar surface area (TPSA) is 50.2 Å². The van der Waals surface area contributed by atoms with Gasteiger partial charge in [0, 0.05) is 23.3 Å². The van der Waals surface area contributed by atoms with Gasteiger partial charge >= 0.3 is 5.97 Å². The first-order valence-corrected chi connectivity index (χ1v) is 5.92. The van der Waals surface area contributed by atoms with Crippen LogP contribution in [-0.2, 0) is 0 Å². The van der Waals surface area contributed by atoms with Crippen molar-refractivity contribution in [2.45, 2.75) is 0 Å². The summed E-state index contributed by atoms with van der Waals surface area (Å²) in [5.41, 5.74) is 2.27. The van der Waals surface area contributed by atoms with E-state index in [1.54, 1.807) is 18.3 Å². The first kappa shape index (κ1) is 11.4. The molecule has 3 rings (SSSR count). The van der Waals surface area contributed by atoms with Crippen LogP contribution in [0.2, 0.25) is 0 Å². The van der Waals surface area contributed by atoms with Crippen molar-refractivity contribution in [3.05, 3.63) is 66.5 Å². The summed E-state index contributed by atoms with van der Waals surface area (Å²) in [7, 11) is 0. The molecule has 1 N–H and O–H groups in total. The van der Waals surface area contributed by atoms with E-state index < -0.39 is 5.97 Å². The Morgan fingerprint density at radius 1 is 0.947 bits per heavy atom. The van der Waals surface area contributed by atoms with Crippen molar-refractivity contribution in [2.24, 2.45) is 0 Å². The lowest BCUT2D eigenvalue weighted by Gasteiger charge is -2.06. The number of carbonyl (C=O) groups is 1. The SMILES string of the molecule is O=C(O)c1ccc(-c2cncc3ccccc23)cc1. The number of hydrogen-bond acceptors (Lipinski definition) is 2. The number of nitrogens with zero attached hydrogens (tertiary/aromatic N) is 1. The van der Waals surface area contributed by atoms with Crippen LogP contribution in [0.15, 0.2) is 60.9 Å². The summed E-state index contributed by atoms with van der Waals surface area (Å²) in [6.45, 7) is 0. The van der Waals surface area contributed by atoms with Crippen molar-refractivity contribution in [1.82, 2.24) is 4.98 Å². The quantitative estimate of drug-likeness (QED) is 0.754. The van der Waals surface area contributed by atoms with E-state index >= 15 is 0 Å². The Hall–Kier alpha value is -2.68. The molecule has 0 aliphatic rings. The van der Waals surface area contributed by atoms with Gasteiger partial charge in [-0.15, -0.1) is 0 Å². The maximum Gasteiger partial charge on any atom is 0.335 e. The normalized spacial score (nSPS) is 10.5. The van der Waals surface area contributed by atoms with Gasteiger partial charge < -0.3 is 5.11 Å². The Labute approximate surface area is 110 Å². The fraction of sp³-hybridized carbons (Fsp3) is 0. The summed E-state index contributed by atoms with van der Waals surface area (Å²) in [6, 6.07) is 14.9. The maximum atomic E-state index is 10.8. The molecule has 0 fully saturated rings. The molecule has 0 aliphatic carbocycles. The number of carboxylic acid groups (broad SMARTS) is 1. The fourth-order valence-corrected chi connectivity index (χ4v) is 2.14. The van der Waals surface area contributed by atoms with E-state index in [0.29, 0.717) is 0 Å². The number of fused-ring (bicyclic) bond motifs is 1. The van der Waals surface area contributed by atoms with Crippen LogP contribution < -0.4 is 0 Å². The molecule has 0 aliphatic heterocycles. The second kappa shape index (κ2) is 4.53. The summed E-state index contributed by atoms with van der Waals surface area (Å²) >= 11 is 0. The third kappa shape index (κ3) is 2.06. The number of aromatic nitrogens is 1. The lowest BCUT2D eigenvalue weighted by molar-refractivity contribution is 0.0697. The fourth-order valence-electron chi connectivity index (χ4n) is 2.14. The lowest BCUT2D eigenvalue weighted by Crippen LogP contribution is -1.95. The Balaban J connectivity index is 2.16. The zero-order chi connectivity index (χ0) is 13.2. The second-order valence-electron chi connectivity index (χ2n) is 4.29. The predicted octanol–water partition coefficient (Wildman–Crippen LogP) is 3.60. The molecule has 2 aromatic carbocycles. The zero-order valence-corrected chi connectivity index (χ0v) is 10.1. The van der Waals surface area contributed by atoms with Crippen molar-refractivity contribution in [1.29, 1.82) is 0 Å². The minimum Gasteiger partial charge on any atom is -0.478 e. The first-order chi connectivity index (χ1) is 9.25. The highest BCUT2D eigenvalue weighted by atomic mass is 16.4. The molecule has 0 amide bonds. The molecule has 1 aromatic heterocycles. The van der Waals surface area contributed by atoms with Gasteiger partial charge in [-0.2, -0.15) is 0 Å². The van der Waals surface area contributed by atoms with Gasteiger partial charge in [0.05, 0.1) is 5.56 Å². The molecule has 0 atom stereocenters. The molecule has 19 heavy (non-hydrogen) atoms. The van der Waals surface area contributed by atoms with E-state index in [-0.39, 0.29) is 5.56 Å². The summed E-state index contributed by atoms with van der Waals surface area (Å²) in [4.78, 5) is 15.1. The predicted molar refractivity (Wildman–Crippen MR) is 74.1 cm³/mol. The largest absolute Gasteiger partial charge is 0.478 e. The van der Waals surface area contributed by atoms with Crippen LogP contribution in [0.3, 0.4) is 0 Å². The minimum atomic E-state index is -0.914. The number of rotatable bonds is 2. The third-order valence-corrected chi connectivity index (χ3v) is 3.11. The molecule has 3 heteroatoms.